The number of nitrogens with one attached hydrogen (secondary N) is 2. The average molecular weight is 177 g/mol. The minimum atomic E-state index is 0.363. The lowest BCUT2D eigenvalue weighted by atomic mass is 10.1. The number of nitrogens with two attached hydrogens (primary N) is 1. The highest BCUT2D eigenvalue weighted by Crippen LogP contribution is 2.17. The van der Waals surface area contributed by atoms with Crippen LogP contribution < -0.4 is 11.1 Å². The summed E-state index contributed by atoms with van der Waals surface area (Å²) in [7, 11) is 0. The van der Waals surface area contributed by atoms with E-state index in [9.17, 15) is 0 Å². The fourth-order valence-corrected chi connectivity index (χ4v) is 1.14. The van der Waals surface area contributed by atoms with E-state index < -0.39 is 0 Å². The third-order valence-electron chi connectivity index (χ3n) is 1.68. The second-order valence-corrected chi connectivity index (χ2v) is 3.29. The first kappa shape index (κ1) is 9.58. The van der Waals surface area contributed by atoms with Gasteiger partial charge in [0, 0.05) is 29.2 Å². The third-order valence-corrected chi connectivity index (χ3v) is 1.68. The smallest absolute Gasteiger partial charge is 0.0432 e. The van der Waals surface area contributed by atoms with E-state index in [0.717, 1.165) is 11.3 Å². The zero-order valence-corrected chi connectivity index (χ0v) is 7.96. The predicted octanol–water partition coefficient (Wildman–Crippen LogP) is 2.09. The van der Waals surface area contributed by atoms with Crippen molar-refractivity contribution >= 4 is 17.6 Å². The van der Waals surface area contributed by atoms with Crippen molar-refractivity contribution in [2.45, 2.75) is 19.9 Å². The fourth-order valence-electron chi connectivity index (χ4n) is 1.14. The Morgan fingerprint density at radius 1 is 1.46 bits per heavy atom. The van der Waals surface area contributed by atoms with Gasteiger partial charge in [-0.25, -0.2) is 0 Å². The molecule has 0 fully saturated rings. The predicted molar refractivity (Wildman–Crippen MR) is 57.5 cm³/mol. The van der Waals surface area contributed by atoms with Gasteiger partial charge in [-0.15, -0.1) is 0 Å². The van der Waals surface area contributed by atoms with Crippen molar-refractivity contribution in [1.29, 1.82) is 5.41 Å². The van der Waals surface area contributed by atoms with Gasteiger partial charge in [-0.1, -0.05) is 0 Å². The Hall–Kier alpha value is -1.51. The minimum Gasteiger partial charge on any atom is -0.399 e. The number of hydrogen-bond acceptors (Lipinski definition) is 3. The lowest BCUT2D eigenvalue weighted by molar-refractivity contribution is 0.899. The molecule has 1 aromatic rings. The van der Waals surface area contributed by atoms with Crippen molar-refractivity contribution in [2.75, 3.05) is 11.1 Å². The van der Waals surface area contributed by atoms with Gasteiger partial charge in [-0.05, 0) is 32.0 Å². The molecule has 1 aromatic carbocycles. The van der Waals surface area contributed by atoms with Crippen LogP contribution in [0.15, 0.2) is 18.2 Å². The van der Waals surface area contributed by atoms with Gasteiger partial charge in [-0.2, -0.15) is 0 Å². The van der Waals surface area contributed by atoms with Gasteiger partial charge >= 0.3 is 0 Å². The van der Waals surface area contributed by atoms with Crippen molar-refractivity contribution in [2.24, 2.45) is 0 Å². The first-order chi connectivity index (χ1) is 6.13. The molecule has 0 bridgehead atoms. The molecule has 0 spiro atoms. The van der Waals surface area contributed by atoms with E-state index in [1.165, 1.54) is 6.21 Å². The van der Waals surface area contributed by atoms with E-state index in [1.807, 2.05) is 12.1 Å². The molecule has 0 saturated carbocycles. The van der Waals surface area contributed by atoms with Crippen LogP contribution in [0, 0.1) is 5.41 Å². The lowest BCUT2D eigenvalue weighted by Crippen LogP contribution is -2.11. The number of hydrogen-bond donors (Lipinski definition) is 3. The number of benzene rings is 1. The van der Waals surface area contributed by atoms with E-state index in [-0.39, 0.29) is 0 Å². The molecule has 4 N–H and O–H groups in total. The molecule has 0 aliphatic heterocycles. The Labute approximate surface area is 78.5 Å². The maximum atomic E-state index is 7.20. The summed E-state index contributed by atoms with van der Waals surface area (Å²) >= 11 is 0. The first-order valence-corrected chi connectivity index (χ1v) is 4.30. The van der Waals surface area contributed by atoms with E-state index in [1.54, 1.807) is 6.07 Å². The molecule has 0 heterocycles. The summed E-state index contributed by atoms with van der Waals surface area (Å²) < 4.78 is 0. The molecule has 0 saturated heterocycles. The van der Waals surface area contributed by atoms with E-state index >= 15 is 0 Å². The topological polar surface area (TPSA) is 61.9 Å². The van der Waals surface area contributed by atoms with Gasteiger partial charge in [0.2, 0.25) is 0 Å². The van der Waals surface area contributed by atoms with Gasteiger partial charge in [0.05, 0.1) is 0 Å². The molecule has 70 valence electrons. The third kappa shape index (κ3) is 2.47. The second-order valence-electron chi connectivity index (χ2n) is 3.29. The van der Waals surface area contributed by atoms with Crippen LogP contribution in [-0.2, 0) is 0 Å². The summed E-state index contributed by atoms with van der Waals surface area (Å²) in [4.78, 5) is 0. The Bertz CT molecular complexity index is 305. The molecule has 0 aromatic heterocycles. The van der Waals surface area contributed by atoms with Crippen molar-refractivity contribution < 1.29 is 0 Å². The molecule has 0 aliphatic rings. The van der Waals surface area contributed by atoms with E-state index in [4.69, 9.17) is 11.1 Å². The average Bonchev–Trinajstić information content (AvgIpc) is 2.07. The highest BCUT2D eigenvalue weighted by Gasteiger charge is 2.01. The molecule has 1 rings (SSSR count). The normalized spacial score (nSPS) is 10.1. The summed E-state index contributed by atoms with van der Waals surface area (Å²) in [5, 5.41) is 10.4. The fraction of sp³-hybridized carbons (Fsp3) is 0.300. The molecule has 13 heavy (non-hydrogen) atoms. The molecule has 3 nitrogen and oxygen atoms in total. The Morgan fingerprint density at radius 2 is 2.15 bits per heavy atom. The van der Waals surface area contributed by atoms with Crippen LogP contribution in [-0.4, -0.2) is 12.3 Å². The molecule has 0 radical (unpaired) electrons. The van der Waals surface area contributed by atoms with Crippen LogP contribution in [0.25, 0.3) is 0 Å². The van der Waals surface area contributed by atoms with Gasteiger partial charge in [0.1, 0.15) is 0 Å². The van der Waals surface area contributed by atoms with Crippen molar-refractivity contribution in [1.82, 2.24) is 0 Å². The van der Waals surface area contributed by atoms with Gasteiger partial charge in [0.15, 0.2) is 0 Å². The molecular formula is C10H15N3. The van der Waals surface area contributed by atoms with Crippen LogP contribution in [0.4, 0.5) is 11.4 Å². The summed E-state index contributed by atoms with van der Waals surface area (Å²) in [5.41, 5.74) is 8.08. The Morgan fingerprint density at radius 3 is 2.69 bits per heavy atom. The molecule has 0 atom stereocenters. The standard InChI is InChI=1S/C10H15N3/c1-7(2)13-10-4-3-9(12)5-8(10)6-11/h3-7,11,13H,12H2,1-2H3. The highest BCUT2D eigenvalue weighted by molar-refractivity contribution is 5.87. The van der Waals surface area contributed by atoms with Gasteiger partial charge < -0.3 is 16.5 Å². The van der Waals surface area contributed by atoms with E-state index in [0.29, 0.717) is 11.7 Å². The van der Waals surface area contributed by atoms with Gasteiger partial charge in [0.25, 0.3) is 0 Å². The summed E-state index contributed by atoms with van der Waals surface area (Å²) in [6.07, 6.45) is 1.31. The first-order valence-electron chi connectivity index (χ1n) is 4.30. The zero-order valence-electron chi connectivity index (χ0n) is 7.96. The minimum absolute atomic E-state index is 0.363. The number of anilines is 2. The molecule has 3 heteroatoms. The van der Waals surface area contributed by atoms with Crippen molar-refractivity contribution in [3.05, 3.63) is 23.8 Å². The molecule has 0 amide bonds. The number of rotatable bonds is 3. The van der Waals surface area contributed by atoms with Crippen LogP contribution in [0.2, 0.25) is 0 Å². The molecular weight excluding hydrogens is 162 g/mol. The molecule has 0 aliphatic carbocycles. The maximum Gasteiger partial charge on any atom is 0.0432 e. The van der Waals surface area contributed by atoms with Crippen molar-refractivity contribution in [3.8, 4) is 0 Å². The zero-order chi connectivity index (χ0) is 9.84. The summed E-state index contributed by atoms with van der Waals surface area (Å²) in [5.74, 6) is 0. The van der Waals surface area contributed by atoms with Crippen LogP contribution in [0.5, 0.6) is 0 Å². The lowest BCUT2D eigenvalue weighted by Gasteiger charge is -2.12. The van der Waals surface area contributed by atoms with Crippen LogP contribution in [0.3, 0.4) is 0 Å². The monoisotopic (exact) mass is 177 g/mol. The quantitative estimate of drug-likeness (QED) is 0.489. The largest absolute Gasteiger partial charge is 0.399 e. The maximum absolute atomic E-state index is 7.20. The Balaban J connectivity index is 2.99. The van der Waals surface area contributed by atoms with Crippen LogP contribution in [0.1, 0.15) is 19.4 Å². The highest BCUT2D eigenvalue weighted by atomic mass is 14.9. The van der Waals surface area contributed by atoms with Gasteiger partial charge in [-0.3, -0.25) is 0 Å². The summed E-state index contributed by atoms with van der Waals surface area (Å²) in [6, 6.07) is 5.88. The molecule has 0 unspecified atom stereocenters. The second kappa shape index (κ2) is 3.94. The number of nitrogen functional groups attached to an aromatic ring is 1. The van der Waals surface area contributed by atoms with E-state index in [2.05, 4.69) is 19.2 Å². The SMILES string of the molecule is CC(C)Nc1ccc(N)cc1C=N. The Kier molecular flexibility index (Phi) is 2.90. The van der Waals surface area contributed by atoms with Crippen molar-refractivity contribution in [3.63, 3.8) is 0 Å². The summed E-state index contributed by atoms with van der Waals surface area (Å²) in [6.45, 7) is 4.12. The van der Waals surface area contributed by atoms with Crippen LogP contribution >= 0.6 is 0 Å².